The Balaban J connectivity index is 1.38. The van der Waals surface area contributed by atoms with Crippen LogP contribution in [0.5, 0.6) is 0 Å². The summed E-state index contributed by atoms with van der Waals surface area (Å²) in [6, 6.07) is 10.7. The van der Waals surface area contributed by atoms with Crippen molar-refractivity contribution in [2.45, 2.75) is 13.0 Å². The molecule has 0 saturated carbocycles. The molecule has 6 nitrogen and oxygen atoms in total. The minimum Gasteiger partial charge on any atom is -0.478 e. The van der Waals surface area contributed by atoms with Gasteiger partial charge in [-0.25, -0.2) is 9.59 Å². The number of nitrogens with one attached hydrogen (secondary N) is 1. The standard InChI is InChI=1S/C19H23N3O3S/c23-18(24)16-5-3-15(4-6-16)14-20-19(25)22-11-9-21(10-12-22)8-7-17-2-1-13-26-17/h1-6,13H,7-12,14H2,(H,20,25)(H,23,24). The SMILES string of the molecule is O=C(O)c1ccc(CNC(=O)N2CCN(CCc3cccs3)CC2)cc1. The Labute approximate surface area is 157 Å². The molecule has 3 rings (SSSR count). The van der Waals surface area contributed by atoms with Crippen molar-refractivity contribution >= 4 is 23.3 Å². The molecule has 1 aliphatic rings. The molecule has 2 aromatic rings. The third kappa shape index (κ3) is 5.06. The molecule has 1 saturated heterocycles. The zero-order valence-corrected chi connectivity index (χ0v) is 15.4. The summed E-state index contributed by atoms with van der Waals surface area (Å²) in [6.45, 7) is 4.68. The first-order valence-electron chi connectivity index (χ1n) is 8.71. The largest absolute Gasteiger partial charge is 0.478 e. The zero-order valence-electron chi connectivity index (χ0n) is 14.6. The number of hydrogen-bond acceptors (Lipinski definition) is 4. The van der Waals surface area contributed by atoms with Crippen molar-refractivity contribution in [2.75, 3.05) is 32.7 Å². The van der Waals surface area contributed by atoms with E-state index >= 15 is 0 Å². The molecule has 1 aromatic carbocycles. The van der Waals surface area contributed by atoms with Crippen molar-refractivity contribution in [3.63, 3.8) is 0 Å². The summed E-state index contributed by atoms with van der Waals surface area (Å²) >= 11 is 1.79. The lowest BCUT2D eigenvalue weighted by Crippen LogP contribution is -2.51. The van der Waals surface area contributed by atoms with E-state index in [4.69, 9.17) is 5.11 Å². The number of thiophene rings is 1. The number of carboxylic acids is 1. The van der Waals surface area contributed by atoms with Gasteiger partial charge in [-0.2, -0.15) is 0 Å². The van der Waals surface area contributed by atoms with Crippen LogP contribution in [-0.4, -0.2) is 59.6 Å². The first-order chi connectivity index (χ1) is 12.6. The second kappa shape index (κ2) is 8.82. The average molecular weight is 373 g/mol. The Morgan fingerprint density at radius 2 is 1.81 bits per heavy atom. The van der Waals surface area contributed by atoms with Crippen LogP contribution in [0.25, 0.3) is 0 Å². The highest BCUT2D eigenvalue weighted by atomic mass is 32.1. The second-order valence-corrected chi connectivity index (χ2v) is 7.35. The summed E-state index contributed by atoms with van der Waals surface area (Å²) in [5.41, 5.74) is 1.14. The van der Waals surface area contributed by atoms with Crippen LogP contribution in [-0.2, 0) is 13.0 Å². The number of hydrogen-bond donors (Lipinski definition) is 2. The monoisotopic (exact) mass is 373 g/mol. The molecule has 0 radical (unpaired) electrons. The number of benzene rings is 1. The van der Waals surface area contributed by atoms with Gasteiger partial charge in [0.1, 0.15) is 0 Å². The van der Waals surface area contributed by atoms with E-state index in [0.717, 1.165) is 44.7 Å². The van der Waals surface area contributed by atoms with Crippen LogP contribution < -0.4 is 5.32 Å². The fourth-order valence-electron chi connectivity index (χ4n) is 2.95. The highest BCUT2D eigenvalue weighted by molar-refractivity contribution is 7.09. The lowest BCUT2D eigenvalue weighted by Gasteiger charge is -2.34. The minimum absolute atomic E-state index is 0.0646. The third-order valence-electron chi connectivity index (χ3n) is 4.56. The summed E-state index contributed by atoms with van der Waals surface area (Å²) in [4.78, 5) is 28.8. The Bertz CT molecular complexity index is 723. The Morgan fingerprint density at radius 3 is 2.42 bits per heavy atom. The molecule has 2 amide bonds. The van der Waals surface area contributed by atoms with Gasteiger partial charge in [-0.1, -0.05) is 18.2 Å². The molecule has 1 aromatic heterocycles. The van der Waals surface area contributed by atoms with E-state index in [1.165, 1.54) is 4.88 Å². The van der Waals surface area contributed by atoms with Gasteiger partial charge in [-0.05, 0) is 35.6 Å². The molecule has 2 heterocycles. The summed E-state index contributed by atoms with van der Waals surface area (Å²) in [6.07, 6.45) is 1.07. The molecular weight excluding hydrogens is 350 g/mol. The molecule has 7 heteroatoms. The van der Waals surface area contributed by atoms with Crippen LogP contribution in [0.4, 0.5) is 4.79 Å². The molecule has 2 N–H and O–H groups in total. The van der Waals surface area contributed by atoms with E-state index in [2.05, 4.69) is 27.7 Å². The number of piperazine rings is 1. The van der Waals surface area contributed by atoms with Gasteiger partial charge in [0.2, 0.25) is 0 Å². The summed E-state index contributed by atoms with van der Waals surface area (Å²) in [5.74, 6) is -0.947. The van der Waals surface area contributed by atoms with Crippen LogP contribution in [0.1, 0.15) is 20.8 Å². The minimum atomic E-state index is -0.947. The molecule has 138 valence electrons. The number of nitrogens with zero attached hydrogens (tertiary/aromatic N) is 2. The molecule has 1 aliphatic heterocycles. The lowest BCUT2D eigenvalue weighted by molar-refractivity contribution is 0.0697. The van der Waals surface area contributed by atoms with Crippen LogP contribution in [0, 0.1) is 0 Å². The van der Waals surface area contributed by atoms with E-state index in [0.29, 0.717) is 6.54 Å². The molecular formula is C19H23N3O3S. The maximum Gasteiger partial charge on any atom is 0.335 e. The van der Waals surface area contributed by atoms with Crippen molar-refractivity contribution in [1.82, 2.24) is 15.1 Å². The molecule has 0 spiro atoms. The molecule has 0 unspecified atom stereocenters. The highest BCUT2D eigenvalue weighted by Gasteiger charge is 2.20. The maximum absolute atomic E-state index is 12.3. The second-order valence-electron chi connectivity index (χ2n) is 6.32. The molecule has 26 heavy (non-hydrogen) atoms. The Morgan fingerprint density at radius 1 is 1.08 bits per heavy atom. The Hall–Kier alpha value is -2.38. The number of carbonyl (C=O) groups excluding carboxylic acids is 1. The van der Waals surface area contributed by atoms with E-state index in [-0.39, 0.29) is 11.6 Å². The Kier molecular flexibility index (Phi) is 6.25. The number of carboxylic acid groups (broad SMARTS) is 1. The van der Waals surface area contributed by atoms with Crippen molar-refractivity contribution in [3.05, 3.63) is 57.8 Å². The number of carbonyl (C=O) groups is 2. The normalized spacial score (nSPS) is 15.0. The summed E-state index contributed by atoms with van der Waals surface area (Å²) in [7, 11) is 0. The van der Waals surface area contributed by atoms with Crippen molar-refractivity contribution < 1.29 is 14.7 Å². The van der Waals surface area contributed by atoms with Crippen LogP contribution >= 0.6 is 11.3 Å². The van der Waals surface area contributed by atoms with Gasteiger partial charge in [0.15, 0.2) is 0 Å². The highest BCUT2D eigenvalue weighted by Crippen LogP contribution is 2.11. The number of aromatic carboxylic acids is 1. The number of rotatable bonds is 6. The molecule has 0 aliphatic carbocycles. The zero-order chi connectivity index (χ0) is 18.4. The first kappa shape index (κ1) is 18.4. The average Bonchev–Trinajstić information content (AvgIpc) is 3.19. The lowest BCUT2D eigenvalue weighted by atomic mass is 10.1. The van der Waals surface area contributed by atoms with Gasteiger partial charge in [0.05, 0.1) is 5.56 Å². The molecule has 0 atom stereocenters. The quantitative estimate of drug-likeness (QED) is 0.816. The van der Waals surface area contributed by atoms with Crippen LogP contribution in [0.2, 0.25) is 0 Å². The van der Waals surface area contributed by atoms with E-state index in [9.17, 15) is 9.59 Å². The fourth-order valence-corrected chi connectivity index (χ4v) is 3.65. The first-order valence-corrected chi connectivity index (χ1v) is 9.59. The van der Waals surface area contributed by atoms with Crippen LogP contribution in [0.15, 0.2) is 41.8 Å². The number of amides is 2. The van der Waals surface area contributed by atoms with Gasteiger partial charge < -0.3 is 15.3 Å². The smallest absolute Gasteiger partial charge is 0.335 e. The van der Waals surface area contributed by atoms with Gasteiger partial charge in [-0.15, -0.1) is 11.3 Å². The maximum atomic E-state index is 12.3. The van der Waals surface area contributed by atoms with Gasteiger partial charge in [-0.3, -0.25) is 4.90 Å². The molecule has 1 fully saturated rings. The predicted molar refractivity (Wildman–Crippen MR) is 102 cm³/mol. The topological polar surface area (TPSA) is 72.9 Å². The predicted octanol–water partition coefficient (Wildman–Crippen LogP) is 2.52. The van der Waals surface area contributed by atoms with Gasteiger partial charge in [0, 0.05) is 44.1 Å². The molecule has 0 bridgehead atoms. The van der Waals surface area contributed by atoms with Crippen molar-refractivity contribution in [2.24, 2.45) is 0 Å². The van der Waals surface area contributed by atoms with Gasteiger partial charge >= 0.3 is 12.0 Å². The summed E-state index contributed by atoms with van der Waals surface area (Å²) < 4.78 is 0. The fraction of sp³-hybridized carbons (Fsp3) is 0.368. The van der Waals surface area contributed by atoms with Crippen molar-refractivity contribution in [3.8, 4) is 0 Å². The van der Waals surface area contributed by atoms with Crippen molar-refractivity contribution in [1.29, 1.82) is 0 Å². The van der Waals surface area contributed by atoms with Gasteiger partial charge in [0.25, 0.3) is 0 Å². The van der Waals surface area contributed by atoms with E-state index in [1.807, 2.05) is 4.90 Å². The number of urea groups is 1. The van der Waals surface area contributed by atoms with Crippen LogP contribution in [0.3, 0.4) is 0 Å². The third-order valence-corrected chi connectivity index (χ3v) is 5.49. The van der Waals surface area contributed by atoms with E-state index in [1.54, 1.807) is 35.6 Å². The van der Waals surface area contributed by atoms with E-state index < -0.39 is 5.97 Å². The summed E-state index contributed by atoms with van der Waals surface area (Å²) in [5, 5.41) is 13.9.